The van der Waals surface area contributed by atoms with Gasteiger partial charge >= 0.3 is 5.97 Å². The summed E-state index contributed by atoms with van der Waals surface area (Å²) in [7, 11) is 0. The standard InChI is InChI=1S/C32H35Cl2N3O4/c1-4-26(33)16-27(34)21(3)41-19-22-6-5-7-23(14-22)25-10-12-36(17-25)18-31-35-28-9-8-24(32(38)39)15-29(28)37(31)20(2)30-11-13-40-30/h4-9,14-16,20,25,30H,1,10-13,17-19H2,2-3H3,(H,38,39)/b26-16+,27-21-/t20-,25-,30+/m1/s1. The molecule has 3 heterocycles. The minimum atomic E-state index is -0.938. The molecule has 2 fully saturated rings. The molecule has 0 spiro atoms. The molecule has 2 saturated heterocycles. The van der Waals surface area contributed by atoms with Gasteiger partial charge in [-0.15, -0.1) is 0 Å². The third-order valence-corrected chi connectivity index (χ3v) is 8.64. The second kappa shape index (κ2) is 12.8. The second-order valence-electron chi connectivity index (χ2n) is 10.7. The highest BCUT2D eigenvalue weighted by Gasteiger charge is 2.31. The number of hydrogen-bond donors (Lipinski definition) is 1. The zero-order valence-electron chi connectivity index (χ0n) is 23.4. The molecule has 1 aromatic heterocycles. The van der Waals surface area contributed by atoms with Gasteiger partial charge in [0.15, 0.2) is 0 Å². The van der Waals surface area contributed by atoms with Crippen LogP contribution in [0.1, 0.15) is 66.0 Å². The molecule has 3 atom stereocenters. The van der Waals surface area contributed by atoms with Crippen molar-refractivity contribution in [2.24, 2.45) is 0 Å². The maximum absolute atomic E-state index is 11.7. The van der Waals surface area contributed by atoms with Crippen molar-refractivity contribution in [3.63, 3.8) is 0 Å². The Balaban J connectivity index is 1.29. The number of nitrogens with zero attached hydrogens (tertiary/aromatic N) is 3. The highest BCUT2D eigenvalue weighted by Crippen LogP contribution is 2.33. The number of benzene rings is 2. The largest absolute Gasteiger partial charge is 0.492 e. The summed E-state index contributed by atoms with van der Waals surface area (Å²) in [5.74, 6) is 1.00. The van der Waals surface area contributed by atoms with E-state index in [1.165, 1.54) is 11.6 Å². The lowest BCUT2D eigenvalue weighted by Gasteiger charge is -2.34. The molecule has 0 aliphatic carbocycles. The molecule has 0 bridgehead atoms. The zero-order chi connectivity index (χ0) is 29.1. The van der Waals surface area contributed by atoms with Crippen LogP contribution in [0.3, 0.4) is 0 Å². The number of halogens is 2. The summed E-state index contributed by atoms with van der Waals surface area (Å²) in [5.41, 5.74) is 4.28. The number of carbonyl (C=O) groups is 1. The van der Waals surface area contributed by atoms with Crippen molar-refractivity contribution < 1.29 is 19.4 Å². The molecule has 2 aromatic carbocycles. The van der Waals surface area contributed by atoms with Crippen molar-refractivity contribution in [2.45, 2.75) is 57.9 Å². The van der Waals surface area contributed by atoms with E-state index in [1.54, 1.807) is 18.2 Å². The van der Waals surface area contributed by atoms with Crippen LogP contribution in [-0.4, -0.2) is 51.3 Å². The van der Waals surface area contributed by atoms with E-state index in [0.717, 1.165) is 55.0 Å². The zero-order valence-corrected chi connectivity index (χ0v) is 24.9. The predicted octanol–water partition coefficient (Wildman–Crippen LogP) is 7.37. The predicted molar refractivity (Wildman–Crippen MR) is 162 cm³/mol. The van der Waals surface area contributed by atoms with Crippen molar-refractivity contribution in [3.8, 4) is 0 Å². The molecule has 2 aliphatic rings. The lowest BCUT2D eigenvalue weighted by molar-refractivity contribution is -0.0761. The highest BCUT2D eigenvalue weighted by molar-refractivity contribution is 6.35. The van der Waals surface area contributed by atoms with Crippen molar-refractivity contribution in [2.75, 3.05) is 19.7 Å². The van der Waals surface area contributed by atoms with Gasteiger partial charge in [0.05, 0.1) is 40.3 Å². The SMILES string of the molecule is C=C/C(Cl)=C\C(Cl)=C(/C)OCc1cccc([C@@H]2CCN(Cc3nc4ccc(C(=O)O)cc4n3[C@H](C)[C@@H]3CCO3)C2)c1. The number of ether oxygens (including phenoxy) is 2. The highest BCUT2D eigenvalue weighted by atomic mass is 35.5. The number of aromatic carboxylic acids is 1. The minimum absolute atomic E-state index is 0.0668. The van der Waals surface area contributed by atoms with Gasteiger partial charge in [-0.1, -0.05) is 60.1 Å². The van der Waals surface area contributed by atoms with E-state index in [1.807, 2.05) is 13.0 Å². The summed E-state index contributed by atoms with van der Waals surface area (Å²) in [4.78, 5) is 19.1. The summed E-state index contributed by atoms with van der Waals surface area (Å²) in [6.45, 7) is 11.3. The molecule has 0 saturated carbocycles. The Morgan fingerprint density at radius 3 is 2.78 bits per heavy atom. The smallest absolute Gasteiger partial charge is 0.335 e. The molecule has 216 valence electrons. The van der Waals surface area contributed by atoms with Gasteiger partial charge in [-0.3, -0.25) is 4.90 Å². The van der Waals surface area contributed by atoms with Gasteiger partial charge in [0, 0.05) is 18.2 Å². The van der Waals surface area contributed by atoms with Gasteiger partial charge in [-0.2, -0.15) is 0 Å². The third kappa shape index (κ3) is 6.70. The van der Waals surface area contributed by atoms with Crippen molar-refractivity contribution in [1.29, 1.82) is 0 Å². The molecule has 0 radical (unpaired) electrons. The lowest BCUT2D eigenvalue weighted by Crippen LogP contribution is -2.36. The fraction of sp³-hybridized carbons (Fsp3) is 0.375. The topological polar surface area (TPSA) is 76.8 Å². The Morgan fingerprint density at radius 2 is 2.07 bits per heavy atom. The van der Waals surface area contributed by atoms with E-state index in [0.29, 0.717) is 34.9 Å². The fourth-order valence-corrected chi connectivity index (χ4v) is 5.91. The molecular formula is C32H35Cl2N3O4. The Hall–Kier alpha value is -3.10. The van der Waals surface area contributed by atoms with Crippen LogP contribution >= 0.6 is 23.2 Å². The van der Waals surface area contributed by atoms with E-state index >= 15 is 0 Å². The number of carboxylic acids is 1. The van der Waals surface area contributed by atoms with Crippen LogP contribution in [0, 0.1) is 0 Å². The molecule has 5 rings (SSSR count). The number of hydrogen-bond acceptors (Lipinski definition) is 5. The van der Waals surface area contributed by atoms with Gasteiger partial charge in [0.2, 0.25) is 0 Å². The monoisotopic (exact) mass is 595 g/mol. The quantitative estimate of drug-likeness (QED) is 0.184. The summed E-state index contributed by atoms with van der Waals surface area (Å²) in [6.07, 6.45) is 5.30. The Morgan fingerprint density at radius 1 is 1.27 bits per heavy atom. The molecule has 41 heavy (non-hydrogen) atoms. The summed E-state index contributed by atoms with van der Waals surface area (Å²) in [6, 6.07) is 13.8. The number of carboxylic acid groups (broad SMARTS) is 1. The van der Waals surface area contributed by atoms with Gasteiger partial charge < -0.3 is 19.1 Å². The van der Waals surface area contributed by atoms with Gasteiger partial charge in [-0.25, -0.2) is 9.78 Å². The van der Waals surface area contributed by atoms with E-state index in [9.17, 15) is 9.90 Å². The first kappa shape index (κ1) is 29.4. The second-order valence-corrected chi connectivity index (χ2v) is 11.6. The van der Waals surface area contributed by atoms with E-state index < -0.39 is 5.97 Å². The molecule has 1 N–H and O–H groups in total. The number of aromatic nitrogens is 2. The van der Waals surface area contributed by atoms with E-state index in [2.05, 4.69) is 47.2 Å². The molecule has 9 heteroatoms. The molecule has 2 aliphatic heterocycles. The summed E-state index contributed by atoms with van der Waals surface area (Å²) in [5, 5.41) is 10.5. The number of fused-ring (bicyclic) bond motifs is 1. The average molecular weight is 597 g/mol. The van der Waals surface area contributed by atoms with Gasteiger partial charge in [-0.05, 0) is 74.6 Å². The van der Waals surface area contributed by atoms with E-state index in [4.69, 9.17) is 37.7 Å². The maximum Gasteiger partial charge on any atom is 0.335 e. The first-order valence-electron chi connectivity index (χ1n) is 13.9. The van der Waals surface area contributed by atoms with Gasteiger partial charge in [0.1, 0.15) is 18.2 Å². The van der Waals surface area contributed by atoms with Crippen molar-refractivity contribution >= 4 is 40.2 Å². The molecular weight excluding hydrogens is 561 g/mol. The molecule has 7 nitrogen and oxygen atoms in total. The summed E-state index contributed by atoms with van der Waals surface area (Å²) >= 11 is 12.3. The van der Waals surface area contributed by atoms with Crippen LogP contribution in [-0.2, 0) is 22.6 Å². The average Bonchev–Trinajstić information content (AvgIpc) is 3.54. The Labute approximate surface area is 250 Å². The Bertz CT molecular complexity index is 1510. The molecule has 0 amide bonds. The van der Waals surface area contributed by atoms with Crippen LogP contribution in [0.5, 0.6) is 0 Å². The lowest BCUT2D eigenvalue weighted by atomic mass is 9.97. The normalized spacial score (nSPS) is 20.9. The first-order chi connectivity index (χ1) is 19.7. The number of likely N-dealkylation sites (tertiary alicyclic amines) is 1. The van der Waals surface area contributed by atoms with Crippen LogP contribution in [0.4, 0.5) is 0 Å². The third-order valence-electron chi connectivity index (χ3n) is 8.00. The number of imidazole rings is 1. The Kier molecular flexibility index (Phi) is 9.19. The van der Waals surface area contributed by atoms with Crippen molar-refractivity contribution in [1.82, 2.24) is 14.5 Å². The van der Waals surface area contributed by atoms with Crippen molar-refractivity contribution in [3.05, 3.63) is 99.5 Å². The van der Waals surface area contributed by atoms with Crippen LogP contribution < -0.4 is 0 Å². The van der Waals surface area contributed by atoms with Crippen LogP contribution in [0.15, 0.2) is 77.0 Å². The molecule has 3 aromatic rings. The maximum atomic E-state index is 11.7. The number of rotatable bonds is 11. The fourth-order valence-electron chi connectivity index (χ4n) is 5.57. The molecule has 0 unspecified atom stereocenters. The number of allylic oxidation sites excluding steroid dienone is 5. The van der Waals surface area contributed by atoms with Crippen LogP contribution in [0.2, 0.25) is 0 Å². The summed E-state index contributed by atoms with van der Waals surface area (Å²) < 4.78 is 13.9. The first-order valence-corrected chi connectivity index (χ1v) is 14.6. The van der Waals surface area contributed by atoms with Crippen LogP contribution in [0.25, 0.3) is 11.0 Å². The van der Waals surface area contributed by atoms with Gasteiger partial charge in [0.25, 0.3) is 0 Å². The minimum Gasteiger partial charge on any atom is -0.492 e. The van der Waals surface area contributed by atoms with E-state index in [-0.39, 0.29) is 17.7 Å².